The van der Waals surface area contributed by atoms with E-state index in [1.165, 1.54) is 5.56 Å². The van der Waals surface area contributed by atoms with Crippen LogP contribution in [-0.4, -0.2) is 70.5 Å². The van der Waals surface area contributed by atoms with E-state index in [1.54, 1.807) is 0 Å². The molecule has 184 valence electrons. The van der Waals surface area contributed by atoms with Gasteiger partial charge in [0.05, 0.1) is 30.2 Å². The first-order chi connectivity index (χ1) is 17.5. The number of piperazine rings is 1. The molecule has 7 heteroatoms. The van der Waals surface area contributed by atoms with Crippen LogP contribution in [0.4, 0.5) is 4.79 Å². The predicted octanol–water partition coefficient (Wildman–Crippen LogP) is 4.84. The van der Waals surface area contributed by atoms with Gasteiger partial charge in [0.2, 0.25) is 0 Å². The summed E-state index contributed by atoms with van der Waals surface area (Å²) < 4.78 is 6.07. The number of H-pyrrole nitrogens is 1. The van der Waals surface area contributed by atoms with Crippen LogP contribution in [0.1, 0.15) is 23.0 Å². The van der Waals surface area contributed by atoms with E-state index in [0.29, 0.717) is 26.2 Å². The summed E-state index contributed by atoms with van der Waals surface area (Å²) >= 11 is 0. The summed E-state index contributed by atoms with van der Waals surface area (Å²) in [6, 6.07) is 23.0. The quantitative estimate of drug-likeness (QED) is 0.445. The fourth-order valence-corrected chi connectivity index (χ4v) is 5.34. The van der Waals surface area contributed by atoms with Crippen LogP contribution in [0.25, 0.3) is 22.2 Å². The Hall–Kier alpha value is -3.84. The first kappa shape index (κ1) is 22.6. The van der Waals surface area contributed by atoms with E-state index in [9.17, 15) is 4.79 Å². The van der Waals surface area contributed by atoms with Gasteiger partial charge in [-0.25, -0.2) is 9.78 Å². The number of urea groups is 1. The number of benzene rings is 3. The third-order valence-electron chi connectivity index (χ3n) is 7.26. The van der Waals surface area contributed by atoms with Crippen molar-refractivity contribution in [3.8, 4) is 16.9 Å². The summed E-state index contributed by atoms with van der Waals surface area (Å²) in [6.45, 7) is 5.96. The van der Waals surface area contributed by atoms with Gasteiger partial charge < -0.3 is 24.4 Å². The summed E-state index contributed by atoms with van der Waals surface area (Å²) in [7, 11) is 2.12. The van der Waals surface area contributed by atoms with Gasteiger partial charge in [0.15, 0.2) is 0 Å². The second-order valence-corrected chi connectivity index (χ2v) is 9.81. The van der Waals surface area contributed by atoms with Crippen LogP contribution in [0, 0.1) is 6.92 Å². The van der Waals surface area contributed by atoms with Crippen molar-refractivity contribution in [3.05, 3.63) is 83.7 Å². The van der Waals surface area contributed by atoms with E-state index in [2.05, 4.69) is 58.3 Å². The number of imidazole rings is 1. The highest BCUT2D eigenvalue weighted by molar-refractivity contribution is 5.82. The van der Waals surface area contributed by atoms with E-state index >= 15 is 0 Å². The number of ether oxygens (including phenoxy) is 1. The number of carbonyl (C=O) groups is 1. The van der Waals surface area contributed by atoms with Crippen molar-refractivity contribution in [2.45, 2.75) is 19.5 Å². The molecule has 0 saturated carbocycles. The maximum atomic E-state index is 13.9. The standard InChI is InChI=1S/C29H31N5O2/c1-20-30-25-10-8-23(17-26(25)31-20)22-9-11-28-24(16-22)18-33(14-15-36-28)29(35)34-13-12-32(2)19-27(34)21-6-4-3-5-7-21/h3-11,16-17,27H,12-15,18-19H2,1-2H3,(H,30,31). The van der Waals surface area contributed by atoms with Gasteiger partial charge in [0.25, 0.3) is 0 Å². The SMILES string of the molecule is Cc1nc2ccc(-c3ccc4c(c3)CN(C(=O)N3CCN(C)CC3c3ccccc3)CCO4)cc2[nH]1. The van der Waals surface area contributed by atoms with Crippen molar-refractivity contribution in [2.75, 3.05) is 39.8 Å². The van der Waals surface area contributed by atoms with Crippen molar-refractivity contribution >= 4 is 17.1 Å². The minimum atomic E-state index is 0.0389. The van der Waals surface area contributed by atoms with E-state index in [1.807, 2.05) is 47.1 Å². The Balaban J connectivity index is 1.28. The molecule has 1 N–H and O–H groups in total. The molecule has 1 fully saturated rings. The van der Waals surface area contributed by atoms with E-state index in [0.717, 1.165) is 52.4 Å². The van der Waals surface area contributed by atoms with E-state index in [-0.39, 0.29) is 12.1 Å². The number of nitrogens with zero attached hydrogens (tertiary/aromatic N) is 4. The molecule has 2 aliphatic heterocycles. The number of carbonyl (C=O) groups excluding carboxylic acids is 1. The molecule has 7 nitrogen and oxygen atoms in total. The zero-order chi connectivity index (χ0) is 24.6. The zero-order valence-corrected chi connectivity index (χ0v) is 20.8. The van der Waals surface area contributed by atoms with E-state index < -0.39 is 0 Å². The molecule has 2 amide bonds. The maximum Gasteiger partial charge on any atom is 0.321 e. The van der Waals surface area contributed by atoms with Crippen LogP contribution in [0.2, 0.25) is 0 Å². The topological polar surface area (TPSA) is 64.7 Å². The van der Waals surface area contributed by atoms with Crippen LogP contribution < -0.4 is 4.74 Å². The van der Waals surface area contributed by atoms with Gasteiger partial charge in [-0.3, -0.25) is 0 Å². The van der Waals surface area contributed by atoms with Gasteiger partial charge in [-0.05, 0) is 54.9 Å². The molecule has 1 atom stereocenters. The van der Waals surface area contributed by atoms with Gasteiger partial charge in [-0.2, -0.15) is 0 Å². The molecule has 0 radical (unpaired) electrons. The molecule has 3 aromatic carbocycles. The molecule has 0 bridgehead atoms. The number of nitrogens with one attached hydrogen (secondary N) is 1. The predicted molar refractivity (Wildman–Crippen MR) is 141 cm³/mol. The van der Waals surface area contributed by atoms with Crippen LogP contribution in [0.3, 0.4) is 0 Å². The second-order valence-electron chi connectivity index (χ2n) is 9.81. The Kier molecular flexibility index (Phi) is 5.85. The molecule has 1 saturated heterocycles. The maximum absolute atomic E-state index is 13.9. The molecule has 2 aliphatic rings. The van der Waals surface area contributed by atoms with Crippen molar-refractivity contribution < 1.29 is 9.53 Å². The van der Waals surface area contributed by atoms with Crippen LogP contribution in [-0.2, 0) is 6.54 Å². The molecular weight excluding hydrogens is 450 g/mol. The minimum Gasteiger partial charge on any atom is -0.491 e. The number of hydrogen-bond acceptors (Lipinski definition) is 4. The molecule has 0 aliphatic carbocycles. The highest BCUT2D eigenvalue weighted by atomic mass is 16.5. The van der Waals surface area contributed by atoms with Crippen molar-refractivity contribution in [1.82, 2.24) is 24.7 Å². The zero-order valence-electron chi connectivity index (χ0n) is 20.8. The molecule has 3 heterocycles. The molecule has 4 aromatic rings. The van der Waals surface area contributed by atoms with Crippen LogP contribution >= 0.6 is 0 Å². The highest BCUT2D eigenvalue weighted by Gasteiger charge is 2.33. The van der Waals surface area contributed by atoms with Crippen molar-refractivity contribution in [1.29, 1.82) is 0 Å². The van der Waals surface area contributed by atoms with Gasteiger partial charge in [0.1, 0.15) is 18.2 Å². The Bertz CT molecular complexity index is 1400. The number of aryl methyl sites for hydroxylation is 1. The number of hydrogen-bond donors (Lipinski definition) is 1. The normalized spacial score (nSPS) is 18.6. The smallest absolute Gasteiger partial charge is 0.321 e. The summed E-state index contributed by atoms with van der Waals surface area (Å²) in [4.78, 5) is 28.0. The number of amides is 2. The summed E-state index contributed by atoms with van der Waals surface area (Å²) in [5.74, 6) is 1.76. The van der Waals surface area contributed by atoms with Crippen molar-refractivity contribution in [2.24, 2.45) is 0 Å². The summed E-state index contributed by atoms with van der Waals surface area (Å²) in [5.41, 5.74) is 6.41. The molecule has 1 unspecified atom stereocenters. The summed E-state index contributed by atoms with van der Waals surface area (Å²) in [6.07, 6.45) is 0. The number of likely N-dealkylation sites (N-methyl/N-ethyl adjacent to an activating group) is 1. The fraction of sp³-hybridized carbons (Fsp3) is 0.310. The van der Waals surface area contributed by atoms with Gasteiger partial charge in [0, 0.05) is 25.2 Å². The average Bonchev–Trinajstić information content (AvgIpc) is 3.14. The summed E-state index contributed by atoms with van der Waals surface area (Å²) in [5, 5.41) is 0. The lowest BCUT2D eigenvalue weighted by molar-refractivity contribution is 0.0818. The number of aromatic amines is 1. The lowest BCUT2D eigenvalue weighted by atomic mass is 10.0. The average molecular weight is 482 g/mol. The van der Waals surface area contributed by atoms with Gasteiger partial charge in [-0.1, -0.05) is 42.5 Å². The third-order valence-corrected chi connectivity index (χ3v) is 7.26. The molecule has 36 heavy (non-hydrogen) atoms. The Labute approximate surface area is 211 Å². The monoisotopic (exact) mass is 481 g/mol. The Morgan fingerprint density at radius 2 is 1.81 bits per heavy atom. The van der Waals surface area contributed by atoms with Crippen LogP contribution in [0.5, 0.6) is 5.75 Å². The highest BCUT2D eigenvalue weighted by Crippen LogP contribution is 2.32. The fourth-order valence-electron chi connectivity index (χ4n) is 5.34. The third kappa shape index (κ3) is 4.31. The molecule has 1 aromatic heterocycles. The Morgan fingerprint density at radius 1 is 1.00 bits per heavy atom. The molecule has 6 rings (SSSR count). The Morgan fingerprint density at radius 3 is 2.67 bits per heavy atom. The second kappa shape index (κ2) is 9.32. The lowest BCUT2D eigenvalue weighted by Crippen LogP contribution is -2.53. The largest absolute Gasteiger partial charge is 0.491 e. The van der Waals surface area contributed by atoms with Crippen LogP contribution in [0.15, 0.2) is 66.7 Å². The van der Waals surface area contributed by atoms with Gasteiger partial charge >= 0.3 is 6.03 Å². The first-order valence-corrected chi connectivity index (χ1v) is 12.6. The number of rotatable bonds is 2. The van der Waals surface area contributed by atoms with Gasteiger partial charge in [-0.15, -0.1) is 0 Å². The lowest BCUT2D eigenvalue weighted by Gasteiger charge is -2.42. The first-order valence-electron chi connectivity index (χ1n) is 12.6. The minimum absolute atomic E-state index is 0.0389. The van der Waals surface area contributed by atoms with Crippen molar-refractivity contribution in [3.63, 3.8) is 0 Å². The van der Waals surface area contributed by atoms with E-state index in [4.69, 9.17) is 4.74 Å². The number of aromatic nitrogens is 2. The number of fused-ring (bicyclic) bond motifs is 2. The molecule has 0 spiro atoms. The molecular formula is C29H31N5O2.